The third-order valence-corrected chi connectivity index (χ3v) is 0. The zero-order chi connectivity index (χ0) is 0. The van der Waals surface area contributed by atoms with Crippen LogP contribution in [0.5, 0.6) is 0 Å². The van der Waals surface area contributed by atoms with E-state index in [9.17, 15) is 0 Å². The van der Waals surface area contributed by atoms with Crippen molar-refractivity contribution in [3.63, 3.8) is 0 Å². The molecule has 0 fully saturated rings. The van der Waals surface area contributed by atoms with Crippen LogP contribution in [0.3, 0.4) is 0 Å². The molecule has 0 saturated heterocycles. The van der Waals surface area contributed by atoms with Crippen molar-refractivity contribution in [2.75, 3.05) is 0 Å². The Morgan fingerprint density at radius 2 is 1.25 bits per heavy atom. The summed E-state index contributed by atoms with van der Waals surface area (Å²) in [4.78, 5) is 0. The van der Waals surface area contributed by atoms with E-state index in [-0.39, 0.29) is 56.9 Å². The van der Waals surface area contributed by atoms with Crippen LogP contribution < -0.4 is 18.9 Å². The minimum atomic E-state index is 0. The Bertz CT molecular complexity index is 11.6. The maximum atomic E-state index is 0. The van der Waals surface area contributed by atoms with Crippen LogP contribution in [-0.2, 0) is 19.5 Å². The Labute approximate surface area is 56.9 Å². The van der Waals surface area contributed by atoms with Crippen LogP contribution in [0.1, 0.15) is 1.43 Å². The molecular formula is H3ClFLiRu. The molecular weight excluding hydrogens is 162 g/mol. The molecule has 0 rings (SSSR count). The van der Waals surface area contributed by atoms with Gasteiger partial charge in [-0.2, -0.15) is 0 Å². The second kappa shape index (κ2) is 25.3. The van der Waals surface area contributed by atoms with Crippen LogP contribution in [0.2, 0.25) is 0 Å². The summed E-state index contributed by atoms with van der Waals surface area (Å²) in [6.45, 7) is 0. The summed E-state index contributed by atoms with van der Waals surface area (Å²) in [6.07, 6.45) is 0. The van der Waals surface area contributed by atoms with Crippen molar-refractivity contribution in [1.82, 2.24) is 0 Å². The predicted molar refractivity (Wildman–Crippen MR) is 10.9 cm³/mol. The summed E-state index contributed by atoms with van der Waals surface area (Å²) >= 11 is 0. The van der Waals surface area contributed by atoms with E-state index in [4.69, 9.17) is 0 Å². The van der Waals surface area contributed by atoms with Crippen LogP contribution in [0.4, 0.5) is 4.70 Å². The quantitative estimate of drug-likeness (QED) is 0.354. The van der Waals surface area contributed by atoms with Gasteiger partial charge in [0.05, 0.1) is 0 Å². The molecule has 4 heteroatoms. The van der Waals surface area contributed by atoms with Crippen LogP contribution in [0.15, 0.2) is 0 Å². The second-order valence-electron chi connectivity index (χ2n) is 0. The van der Waals surface area contributed by atoms with Crippen LogP contribution in [0, 0.1) is 0 Å². The summed E-state index contributed by atoms with van der Waals surface area (Å²) in [5.41, 5.74) is 0. The van der Waals surface area contributed by atoms with Crippen molar-refractivity contribution in [2.45, 2.75) is 0 Å². The standard InChI is InChI=1S/ClH.FH.Li.Ru.H/h2*1H;;;/q;;+1;;-1. The van der Waals surface area contributed by atoms with Gasteiger partial charge in [-0.1, -0.05) is 0 Å². The van der Waals surface area contributed by atoms with Crippen molar-refractivity contribution in [1.29, 1.82) is 0 Å². The molecule has 0 radical (unpaired) electrons. The van der Waals surface area contributed by atoms with E-state index in [1.807, 2.05) is 0 Å². The van der Waals surface area contributed by atoms with Crippen LogP contribution in [-0.4, -0.2) is 0 Å². The first-order valence-corrected chi connectivity index (χ1v) is 0. The molecule has 0 aromatic rings. The molecule has 0 saturated carbocycles. The minimum Gasteiger partial charge on any atom is -1.00 e. The predicted octanol–water partition coefficient (Wildman–Crippen LogP) is -2.31. The van der Waals surface area contributed by atoms with Gasteiger partial charge in [-0.3, -0.25) is 4.70 Å². The Balaban J connectivity index is 0. The van der Waals surface area contributed by atoms with E-state index >= 15 is 0 Å². The molecule has 0 aliphatic heterocycles. The van der Waals surface area contributed by atoms with Gasteiger partial charge in [0.1, 0.15) is 0 Å². The van der Waals surface area contributed by atoms with E-state index in [2.05, 4.69) is 0 Å². The summed E-state index contributed by atoms with van der Waals surface area (Å²) < 4.78 is 0. The molecule has 0 aromatic carbocycles. The van der Waals surface area contributed by atoms with Crippen molar-refractivity contribution in [3.05, 3.63) is 0 Å². The average molecular weight is 165 g/mol. The van der Waals surface area contributed by atoms with Gasteiger partial charge in [0.25, 0.3) is 0 Å². The molecule has 0 unspecified atom stereocenters. The fourth-order valence-corrected chi connectivity index (χ4v) is 0. The molecule has 0 atom stereocenters. The molecule has 0 N–H and O–H groups in total. The number of rotatable bonds is 0. The molecule has 4 heavy (non-hydrogen) atoms. The molecule has 0 spiro atoms. The number of halogens is 2. The molecule has 0 heterocycles. The van der Waals surface area contributed by atoms with E-state index in [0.717, 1.165) is 0 Å². The van der Waals surface area contributed by atoms with Gasteiger partial charge in [-0.05, 0) is 0 Å². The van der Waals surface area contributed by atoms with Crippen molar-refractivity contribution >= 4 is 12.4 Å². The van der Waals surface area contributed by atoms with E-state index < -0.39 is 0 Å². The van der Waals surface area contributed by atoms with E-state index in [1.165, 1.54) is 0 Å². The van der Waals surface area contributed by atoms with Gasteiger partial charge in [0, 0.05) is 19.5 Å². The fraction of sp³-hybridized carbons (Fsp3) is 0. The molecule has 0 nitrogen and oxygen atoms in total. The van der Waals surface area contributed by atoms with Crippen LogP contribution >= 0.6 is 12.4 Å². The third-order valence-electron chi connectivity index (χ3n) is 0. The topological polar surface area (TPSA) is 0 Å². The van der Waals surface area contributed by atoms with E-state index in [1.54, 1.807) is 0 Å². The van der Waals surface area contributed by atoms with Crippen molar-refractivity contribution < 1.29 is 44.5 Å². The van der Waals surface area contributed by atoms with E-state index in [0.29, 0.717) is 0 Å². The van der Waals surface area contributed by atoms with Crippen molar-refractivity contribution in [3.8, 4) is 0 Å². The maximum Gasteiger partial charge on any atom is 1.00 e. The largest absolute Gasteiger partial charge is 1.00 e. The zero-order valence-corrected chi connectivity index (χ0v) is 4.72. The first-order valence-electron chi connectivity index (χ1n) is 0. The van der Waals surface area contributed by atoms with Crippen molar-refractivity contribution in [2.24, 2.45) is 0 Å². The van der Waals surface area contributed by atoms with Gasteiger partial charge < -0.3 is 1.43 Å². The molecule has 0 aliphatic carbocycles. The Hall–Kier alpha value is 1.44. The zero-order valence-electron chi connectivity index (χ0n) is 3.17. The molecule has 0 bridgehead atoms. The molecule has 0 aliphatic rings. The summed E-state index contributed by atoms with van der Waals surface area (Å²) in [7, 11) is 0. The normalized spacial score (nSPS) is 0. The SMILES string of the molecule is Cl.F.[H-].[Li+].[Ru]. The monoisotopic (exact) mass is 166 g/mol. The molecule has 0 amide bonds. The van der Waals surface area contributed by atoms with Crippen LogP contribution in [0.25, 0.3) is 0 Å². The van der Waals surface area contributed by atoms with Gasteiger partial charge in [-0.25, -0.2) is 0 Å². The summed E-state index contributed by atoms with van der Waals surface area (Å²) in [6, 6.07) is 0. The first-order chi connectivity index (χ1) is 0. The number of hydrogen-bond acceptors (Lipinski definition) is 0. The third kappa shape index (κ3) is 9.87. The molecule has 0 aromatic heterocycles. The van der Waals surface area contributed by atoms with Gasteiger partial charge in [0.2, 0.25) is 0 Å². The Kier molecular flexibility index (Phi) is 327. The second-order valence-corrected chi connectivity index (χ2v) is 0. The summed E-state index contributed by atoms with van der Waals surface area (Å²) in [5.74, 6) is 0. The smallest absolute Gasteiger partial charge is 1.00 e. The van der Waals surface area contributed by atoms with Gasteiger partial charge in [-0.15, -0.1) is 12.4 Å². The fourth-order valence-electron chi connectivity index (χ4n) is 0. The first kappa shape index (κ1) is 51.7. The minimum absolute atomic E-state index is 0. The summed E-state index contributed by atoms with van der Waals surface area (Å²) in [5, 5.41) is 0. The van der Waals surface area contributed by atoms with Gasteiger partial charge in [0.15, 0.2) is 0 Å². The average Bonchev–Trinajstić information content (AvgIpc) is 0. The molecule has 26 valence electrons. The Morgan fingerprint density at radius 1 is 1.25 bits per heavy atom. The van der Waals surface area contributed by atoms with Gasteiger partial charge >= 0.3 is 18.9 Å². The maximum absolute atomic E-state index is 0. The number of hydrogen-bond donors (Lipinski definition) is 0. The Morgan fingerprint density at radius 3 is 1.25 bits per heavy atom.